The molecule has 0 unspecified atom stereocenters. The summed E-state index contributed by atoms with van der Waals surface area (Å²) in [6, 6.07) is 5.18. The smallest absolute Gasteiger partial charge is 0.257 e. The Kier molecular flexibility index (Phi) is 3.97. The Morgan fingerprint density at radius 2 is 2.05 bits per heavy atom. The summed E-state index contributed by atoms with van der Waals surface area (Å²) < 4.78 is 0. The number of amides is 1. The molecule has 5 nitrogen and oxygen atoms in total. The van der Waals surface area contributed by atoms with E-state index in [4.69, 9.17) is 11.6 Å². The van der Waals surface area contributed by atoms with Gasteiger partial charge in [0.1, 0.15) is 5.82 Å². The van der Waals surface area contributed by atoms with Crippen molar-refractivity contribution in [3.63, 3.8) is 0 Å². The number of halogens is 1. The Labute approximate surface area is 116 Å². The Bertz CT molecular complexity index is 583. The Morgan fingerprint density at radius 3 is 2.63 bits per heavy atom. The number of anilines is 2. The quantitative estimate of drug-likeness (QED) is 0.935. The van der Waals surface area contributed by atoms with Crippen molar-refractivity contribution in [2.45, 2.75) is 0 Å². The van der Waals surface area contributed by atoms with E-state index in [1.807, 2.05) is 25.1 Å². The first kappa shape index (κ1) is 13.3. The number of hydrogen-bond acceptors (Lipinski definition) is 4. The van der Waals surface area contributed by atoms with Gasteiger partial charge in [0, 0.05) is 26.5 Å². The van der Waals surface area contributed by atoms with Gasteiger partial charge in [-0.25, -0.2) is 4.98 Å². The van der Waals surface area contributed by atoms with Crippen molar-refractivity contribution in [2.24, 2.45) is 0 Å². The summed E-state index contributed by atoms with van der Waals surface area (Å²) in [5.74, 6) is 0.534. The minimum absolute atomic E-state index is 0.285. The third-order valence-corrected chi connectivity index (χ3v) is 2.78. The van der Waals surface area contributed by atoms with Crippen LogP contribution in [0.3, 0.4) is 0 Å². The lowest BCUT2D eigenvalue weighted by atomic mass is 10.2. The lowest BCUT2D eigenvalue weighted by Crippen LogP contribution is -2.14. The van der Waals surface area contributed by atoms with Gasteiger partial charge < -0.3 is 10.2 Å². The fourth-order valence-electron chi connectivity index (χ4n) is 1.48. The van der Waals surface area contributed by atoms with Crippen LogP contribution >= 0.6 is 11.6 Å². The largest absolute Gasteiger partial charge is 0.363 e. The Hall–Kier alpha value is -2.14. The molecule has 2 rings (SSSR count). The Balaban J connectivity index is 2.13. The summed E-state index contributed by atoms with van der Waals surface area (Å²) in [6.45, 7) is 0. The van der Waals surface area contributed by atoms with E-state index in [2.05, 4.69) is 15.3 Å². The van der Waals surface area contributed by atoms with Gasteiger partial charge in [0.25, 0.3) is 5.91 Å². The summed E-state index contributed by atoms with van der Waals surface area (Å²) in [5, 5.41) is 3.05. The molecule has 0 fully saturated rings. The molecular weight excluding hydrogens is 264 g/mol. The summed E-state index contributed by atoms with van der Waals surface area (Å²) in [4.78, 5) is 21.9. The van der Waals surface area contributed by atoms with Gasteiger partial charge in [0.15, 0.2) is 0 Å². The number of aromatic nitrogens is 2. The predicted molar refractivity (Wildman–Crippen MR) is 75.8 cm³/mol. The first-order valence-corrected chi connectivity index (χ1v) is 6.00. The van der Waals surface area contributed by atoms with Crippen LogP contribution < -0.4 is 10.2 Å². The number of nitrogens with one attached hydrogen (secondary N) is 1. The molecule has 0 spiro atoms. The highest BCUT2D eigenvalue weighted by atomic mass is 35.5. The monoisotopic (exact) mass is 276 g/mol. The van der Waals surface area contributed by atoms with Crippen molar-refractivity contribution in [1.82, 2.24) is 9.97 Å². The number of nitrogens with zero attached hydrogens (tertiary/aromatic N) is 3. The van der Waals surface area contributed by atoms with Gasteiger partial charge in [0.2, 0.25) is 0 Å². The lowest BCUT2D eigenvalue weighted by Gasteiger charge is -2.11. The van der Waals surface area contributed by atoms with Crippen LogP contribution in [-0.2, 0) is 0 Å². The van der Waals surface area contributed by atoms with Crippen LogP contribution in [0.4, 0.5) is 11.5 Å². The molecule has 0 aliphatic carbocycles. The van der Waals surface area contributed by atoms with Crippen molar-refractivity contribution in [2.75, 3.05) is 24.3 Å². The van der Waals surface area contributed by atoms with E-state index in [0.717, 1.165) is 5.82 Å². The van der Waals surface area contributed by atoms with Gasteiger partial charge in [-0.15, -0.1) is 0 Å². The molecule has 2 heterocycles. The zero-order chi connectivity index (χ0) is 13.8. The third-order valence-electron chi connectivity index (χ3n) is 2.48. The van der Waals surface area contributed by atoms with E-state index in [-0.39, 0.29) is 5.91 Å². The first-order valence-electron chi connectivity index (χ1n) is 5.62. The highest BCUT2D eigenvalue weighted by Crippen LogP contribution is 2.17. The summed E-state index contributed by atoms with van der Waals surface area (Å²) in [5.41, 5.74) is 0.997. The van der Waals surface area contributed by atoms with E-state index >= 15 is 0 Å². The van der Waals surface area contributed by atoms with E-state index in [1.54, 1.807) is 18.3 Å². The van der Waals surface area contributed by atoms with Crippen LogP contribution in [0.25, 0.3) is 0 Å². The van der Waals surface area contributed by atoms with Gasteiger partial charge >= 0.3 is 0 Å². The maximum absolute atomic E-state index is 12.0. The molecule has 0 aliphatic rings. The maximum Gasteiger partial charge on any atom is 0.257 e. The molecule has 6 heteroatoms. The Morgan fingerprint density at radius 1 is 1.26 bits per heavy atom. The van der Waals surface area contributed by atoms with Crippen LogP contribution in [0.15, 0.2) is 36.8 Å². The van der Waals surface area contributed by atoms with E-state index in [0.29, 0.717) is 16.3 Å². The molecule has 98 valence electrons. The standard InChI is InChI=1S/C13H13ClN4O/c1-18(2)12-4-3-9(7-16-12)17-13(19)10-5-6-15-8-11(10)14/h3-8H,1-2H3,(H,17,19). The van der Waals surface area contributed by atoms with Crippen molar-refractivity contribution >= 4 is 29.0 Å². The second-order valence-corrected chi connectivity index (χ2v) is 4.52. The van der Waals surface area contributed by atoms with Crippen LogP contribution in [-0.4, -0.2) is 30.0 Å². The lowest BCUT2D eigenvalue weighted by molar-refractivity contribution is 0.102. The molecule has 2 aromatic heterocycles. The fraction of sp³-hybridized carbons (Fsp3) is 0.154. The molecule has 0 atom stereocenters. The van der Waals surface area contributed by atoms with Gasteiger partial charge in [0.05, 0.1) is 22.5 Å². The second kappa shape index (κ2) is 5.67. The van der Waals surface area contributed by atoms with E-state index in [9.17, 15) is 4.79 Å². The fourth-order valence-corrected chi connectivity index (χ4v) is 1.69. The molecule has 2 aromatic rings. The van der Waals surface area contributed by atoms with E-state index < -0.39 is 0 Å². The maximum atomic E-state index is 12.0. The summed E-state index contributed by atoms with van der Waals surface area (Å²) in [7, 11) is 3.80. The van der Waals surface area contributed by atoms with Crippen molar-refractivity contribution < 1.29 is 4.79 Å². The van der Waals surface area contributed by atoms with Crippen molar-refractivity contribution in [3.05, 3.63) is 47.4 Å². The third kappa shape index (κ3) is 3.20. The molecular formula is C13H13ClN4O. The molecule has 0 aliphatic heterocycles. The highest BCUT2D eigenvalue weighted by Gasteiger charge is 2.10. The minimum Gasteiger partial charge on any atom is -0.363 e. The molecule has 0 saturated heterocycles. The van der Waals surface area contributed by atoms with Crippen molar-refractivity contribution in [3.8, 4) is 0 Å². The van der Waals surface area contributed by atoms with Crippen LogP contribution in [0.2, 0.25) is 5.02 Å². The zero-order valence-corrected chi connectivity index (χ0v) is 11.3. The molecule has 0 bridgehead atoms. The average molecular weight is 277 g/mol. The zero-order valence-electron chi connectivity index (χ0n) is 10.6. The van der Waals surface area contributed by atoms with Crippen LogP contribution in [0, 0.1) is 0 Å². The average Bonchev–Trinajstić information content (AvgIpc) is 2.39. The normalized spacial score (nSPS) is 10.1. The molecule has 1 N–H and O–H groups in total. The number of hydrogen-bond donors (Lipinski definition) is 1. The SMILES string of the molecule is CN(C)c1ccc(NC(=O)c2ccncc2Cl)cn1. The number of pyridine rings is 2. The van der Waals surface area contributed by atoms with Crippen LogP contribution in [0.5, 0.6) is 0 Å². The number of rotatable bonds is 3. The number of carbonyl (C=O) groups excluding carboxylic acids is 1. The van der Waals surface area contributed by atoms with Gasteiger partial charge in [-0.3, -0.25) is 9.78 Å². The number of carbonyl (C=O) groups is 1. The van der Waals surface area contributed by atoms with Crippen LogP contribution in [0.1, 0.15) is 10.4 Å². The molecule has 0 radical (unpaired) electrons. The minimum atomic E-state index is -0.285. The van der Waals surface area contributed by atoms with Gasteiger partial charge in [-0.2, -0.15) is 0 Å². The van der Waals surface area contributed by atoms with Gasteiger partial charge in [-0.05, 0) is 18.2 Å². The molecule has 0 saturated carbocycles. The molecule has 1 amide bonds. The second-order valence-electron chi connectivity index (χ2n) is 4.11. The first-order chi connectivity index (χ1) is 9.08. The summed E-state index contributed by atoms with van der Waals surface area (Å²) >= 11 is 5.91. The van der Waals surface area contributed by atoms with Gasteiger partial charge in [-0.1, -0.05) is 11.6 Å². The van der Waals surface area contributed by atoms with E-state index in [1.165, 1.54) is 12.4 Å². The highest BCUT2D eigenvalue weighted by molar-refractivity contribution is 6.34. The molecule has 19 heavy (non-hydrogen) atoms. The topological polar surface area (TPSA) is 58.1 Å². The molecule has 0 aromatic carbocycles. The predicted octanol–water partition coefficient (Wildman–Crippen LogP) is 2.45. The van der Waals surface area contributed by atoms with Crippen molar-refractivity contribution in [1.29, 1.82) is 0 Å². The summed E-state index contributed by atoms with van der Waals surface area (Å²) in [6.07, 6.45) is 4.56.